The van der Waals surface area contributed by atoms with Crippen LogP contribution in [0.1, 0.15) is 11.1 Å². The molecule has 1 atom stereocenters. The van der Waals surface area contributed by atoms with Crippen LogP contribution in [0, 0.1) is 0 Å². The summed E-state index contributed by atoms with van der Waals surface area (Å²) in [6, 6.07) is 16.7. The Hall–Kier alpha value is -3.26. The largest absolute Gasteiger partial charge is 0.491 e. The van der Waals surface area contributed by atoms with Crippen molar-refractivity contribution >= 4 is 35.1 Å². The van der Waals surface area contributed by atoms with Gasteiger partial charge in [0.25, 0.3) is 11.1 Å². The van der Waals surface area contributed by atoms with Crippen LogP contribution in [-0.4, -0.2) is 41.3 Å². The molecule has 0 saturated carbocycles. The van der Waals surface area contributed by atoms with E-state index in [1.54, 1.807) is 35.2 Å². The SMILES string of the molecule is O=C1NC(=O)C(=Cc2ccc(OC[C@@H]3CN3C(=O)OCc3ccccc3)cc2)S1. The Balaban J connectivity index is 1.22. The summed E-state index contributed by atoms with van der Waals surface area (Å²) in [4.78, 5) is 36.8. The highest BCUT2D eigenvalue weighted by molar-refractivity contribution is 8.18. The zero-order valence-corrected chi connectivity index (χ0v) is 16.2. The third kappa shape index (κ3) is 4.97. The lowest BCUT2D eigenvalue weighted by atomic mass is 10.2. The maximum Gasteiger partial charge on any atom is 0.410 e. The summed E-state index contributed by atoms with van der Waals surface area (Å²) in [6.45, 7) is 1.24. The van der Waals surface area contributed by atoms with Gasteiger partial charge in [-0.1, -0.05) is 42.5 Å². The molecule has 2 aromatic rings. The van der Waals surface area contributed by atoms with Crippen molar-refractivity contribution in [1.82, 2.24) is 10.2 Å². The average Bonchev–Trinajstić information content (AvgIpc) is 3.44. The first kappa shape index (κ1) is 19.1. The Morgan fingerprint density at radius 3 is 2.59 bits per heavy atom. The fourth-order valence-electron chi connectivity index (χ4n) is 2.77. The monoisotopic (exact) mass is 410 g/mol. The molecular formula is C21H18N2O5S. The first-order chi connectivity index (χ1) is 14.1. The second-order valence-electron chi connectivity index (χ2n) is 6.58. The van der Waals surface area contributed by atoms with Crippen molar-refractivity contribution in [2.24, 2.45) is 0 Å². The Morgan fingerprint density at radius 2 is 1.90 bits per heavy atom. The van der Waals surface area contributed by atoms with Gasteiger partial charge in [-0.25, -0.2) is 4.79 Å². The molecule has 0 aromatic heterocycles. The fraction of sp³-hybridized carbons (Fsp3) is 0.190. The summed E-state index contributed by atoms with van der Waals surface area (Å²) in [5, 5.41) is 1.86. The number of benzene rings is 2. The molecule has 0 bridgehead atoms. The van der Waals surface area contributed by atoms with Gasteiger partial charge in [0.1, 0.15) is 19.0 Å². The molecule has 2 aliphatic rings. The molecular weight excluding hydrogens is 392 g/mol. The van der Waals surface area contributed by atoms with Gasteiger partial charge in [0.05, 0.1) is 10.9 Å². The van der Waals surface area contributed by atoms with Crippen LogP contribution in [0.15, 0.2) is 59.5 Å². The minimum absolute atomic E-state index is 0.00432. The summed E-state index contributed by atoms with van der Waals surface area (Å²) in [5.74, 6) is 0.282. The molecule has 8 heteroatoms. The Labute approximate surface area is 171 Å². The van der Waals surface area contributed by atoms with Gasteiger partial charge < -0.3 is 9.47 Å². The Kier molecular flexibility index (Phi) is 5.53. The van der Waals surface area contributed by atoms with Gasteiger partial charge >= 0.3 is 6.09 Å². The smallest absolute Gasteiger partial charge is 0.410 e. The van der Waals surface area contributed by atoms with E-state index in [-0.39, 0.29) is 29.9 Å². The molecule has 2 fully saturated rings. The van der Waals surface area contributed by atoms with E-state index in [9.17, 15) is 14.4 Å². The second-order valence-corrected chi connectivity index (χ2v) is 7.59. The standard InChI is InChI=1S/C21H18N2O5S/c24-19-18(29-20(25)22-19)10-14-6-8-17(9-7-14)27-13-16-11-23(16)21(26)28-12-15-4-2-1-3-5-15/h1-10,16H,11-13H2,(H,22,24,25)/t16-,23?/m0/s1. The second kappa shape index (κ2) is 8.40. The predicted molar refractivity (Wildman–Crippen MR) is 108 cm³/mol. The first-order valence-electron chi connectivity index (χ1n) is 9.03. The number of nitrogens with one attached hydrogen (secondary N) is 1. The quantitative estimate of drug-likeness (QED) is 0.580. The van der Waals surface area contributed by atoms with Gasteiger partial charge in [0.15, 0.2) is 0 Å². The molecule has 0 aliphatic carbocycles. The number of nitrogens with zero attached hydrogens (tertiary/aromatic N) is 1. The molecule has 0 unspecified atom stereocenters. The molecule has 2 heterocycles. The van der Waals surface area contributed by atoms with Gasteiger partial charge in [-0.05, 0) is 41.1 Å². The first-order valence-corrected chi connectivity index (χ1v) is 9.85. The van der Waals surface area contributed by atoms with E-state index < -0.39 is 0 Å². The molecule has 1 N–H and O–H groups in total. The summed E-state index contributed by atoms with van der Waals surface area (Å²) in [7, 11) is 0. The number of hydrogen-bond acceptors (Lipinski definition) is 6. The highest BCUT2D eigenvalue weighted by Gasteiger charge is 2.40. The number of hydrogen-bond donors (Lipinski definition) is 1. The number of imide groups is 1. The molecule has 2 saturated heterocycles. The number of amides is 3. The molecule has 0 radical (unpaired) electrons. The van der Waals surface area contributed by atoms with Crippen LogP contribution in [0.4, 0.5) is 9.59 Å². The van der Waals surface area contributed by atoms with Crippen LogP contribution < -0.4 is 10.1 Å². The summed E-state index contributed by atoms with van der Waals surface area (Å²) < 4.78 is 11.0. The minimum atomic E-state index is -0.381. The maximum atomic E-state index is 12.0. The van der Waals surface area contributed by atoms with Crippen molar-refractivity contribution in [3.63, 3.8) is 0 Å². The molecule has 2 aromatic carbocycles. The summed E-state index contributed by atoms with van der Waals surface area (Å²) >= 11 is 0.881. The van der Waals surface area contributed by atoms with Crippen LogP contribution in [0.3, 0.4) is 0 Å². The van der Waals surface area contributed by atoms with Crippen molar-refractivity contribution < 1.29 is 23.9 Å². The number of ether oxygens (including phenoxy) is 2. The van der Waals surface area contributed by atoms with E-state index >= 15 is 0 Å². The molecule has 2 aliphatic heterocycles. The van der Waals surface area contributed by atoms with Crippen molar-refractivity contribution in [2.75, 3.05) is 13.2 Å². The van der Waals surface area contributed by atoms with E-state index in [1.165, 1.54) is 0 Å². The van der Waals surface area contributed by atoms with Gasteiger partial charge in [-0.2, -0.15) is 0 Å². The normalized spacial score (nSPS) is 19.2. The predicted octanol–water partition coefficient (Wildman–Crippen LogP) is 3.41. The molecule has 29 heavy (non-hydrogen) atoms. The van der Waals surface area contributed by atoms with Crippen LogP contribution >= 0.6 is 11.8 Å². The van der Waals surface area contributed by atoms with Crippen molar-refractivity contribution in [3.05, 3.63) is 70.6 Å². The maximum absolute atomic E-state index is 12.0. The van der Waals surface area contributed by atoms with E-state index in [4.69, 9.17) is 9.47 Å². The topological polar surface area (TPSA) is 84.7 Å². The van der Waals surface area contributed by atoms with Crippen molar-refractivity contribution in [1.29, 1.82) is 0 Å². The molecule has 0 spiro atoms. The van der Waals surface area contributed by atoms with E-state index in [1.807, 2.05) is 30.3 Å². The summed E-state index contributed by atoms with van der Waals surface area (Å²) in [5.41, 5.74) is 1.74. The number of carbonyl (C=O) groups is 3. The lowest BCUT2D eigenvalue weighted by Crippen LogP contribution is -2.18. The van der Waals surface area contributed by atoms with Crippen LogP contribution in [0.25, 0.3) is 6.08 Å². The number of thioether (sulfide) groups is 1. The Morgan fingerprint density at radius 1 is 1.14 bits per heavy atom. The summed E-state index contributed by atoms with van der Waals surface area (Å²) in [6.07, 6.45) is 1.31. The van der Waals surface area contributed by atoms with E-state index in [2.05, 4.69) is 5.32 Å². The van der Waals surface area contributed by atoms with Crippen molar-refractivity contribution in [2.45, 2.75) is 12.6 Å². The zero-order valence-electron chi connectivity index (χ0n) is 15.4. The average molecular weight is 410 g/mol. The lowest BCUT2D eigenvalue weighted by Gasteiger charge is -2.08. The highest BCUT2D eigenvalue weighted by Crippen LogP contribution is 2.26. The van der Waals surface area contributed by atoms with Gasteiger partial charge in [0, 0.05) is 6.54 Å². The van der Waals surface area contributed by atoms with E-state index in [0.29, 0.717) is 23.8 Å². The van der Waals surface area contributed by atoms with Crippen LogP contribution in [0.2, 0.25) is 0 Å². The van der Waals surface area contributed by atoms with Crippen LogP contribution in [0.5, 0.6) is 5.75 Å². The van der Waals surface area contributed by atoms with Crippen LogP contribution in [-0.2, 0) is 16.1 Å². The van der Waals surface area contributed by atoms with Crippen molar-refractivity contribution in [3.8, 4) is 5.75 Å². The van der Waals surface area contributed by atoms with Gasteiger partial charge in [0.2, 0.25) is 0 Å². The molecule has 4 rings (SSSR count). The van der Waals surface area contributed by atoms with Gasteiger partial charge in [-0.3, -0.25) is 19.8 Å². The molecule has 148 valence electrons. The number of rotatable bonds is 6. The van der Waals surface area contributed by atoms with E-state index in [0.717, 1.165) is 22.9 Å². The minimum Gasteiger partial charge on any atom is -0.491 e. The third-order valence-corrected chi connectivity index (χ3v) is 5.23. The zero-order chi connectivity index (χ0) is 20.2. The molecule has 7 nitrogen and oxygen atoms in total. The third-order valence-electron chi connectivity index (χ3n) is 4.42. The lowest BCUT2D eigenvalue weighted by molar-refractivity contribution is -0.115. The van der Waals surface area contributed by atoms with Gasteiger partial charge in [-0.15, -0.1) is 0 Å². The highest BCUT2D eigenvalue weighted by atomic mass is 32.2. The number of carbonyl (C=O) groups excluding carboxylic acids is 3. The molecule has 3 amide bonds. The Bertz CT molecular complexity index is 959. The fourth-order valence-corrected chi connectivity index (χ4v) is 3.46.